The minimum atomic E-state index is -3.19. The Bertz CT molecular complexity index is 705. The quantitative estimate of drug-likeness (QED) is 0.828. The van der Waals surface area contributed by atoms with Gasteiger partial charge in [0.15, 0.2) is 9.84 Å². The summed E-state index contributed by atoms with van der Waals surface area (Å²) in [5, 5.41) is -0.388. The Morgan fingerprint density at radius 2 is 1.91 bits per heavy atom. The van der Waals surface area contributed by atoms with E-state index in [0.717, 1.165) is 25.1 Å². The van der Waals surface area contributed by atoms with Crippen LogP contribution in [0.15, 0.2) is 4.79 Å². The normalized spacial score (nSPS) is 16.6. The van der Waals surface area contributed by atoms with Gasteiger partial charge in [0.05, 0.1) is 11.0 Å². The third kappa shape index (κ3) is 3.42. The number of hydrogen-bond donors (Lipinski definition) is 0. The summed E-state index contributed by atoms with van der Waals surface area (Å²) in [5.74, 6) is 0.938. The molecule has 22 heavy (non-hydrogen) atoms. The summed E-state index contributed by atoms with van der Waals surface area (Å²) in [7, 11) is -3.19. The largest absolute Gasteiger partial charge is 0.296 e. The van der Waals surface area contributed by atoms with Gasteiger partial charge in [-0.2, -0.15) is 0 Å². The van der Waals surface area contributed by atoms with E-state index in [1.165, 1.54) is 0 Å². The van der Waals surface area contributed by atoms with E-state index in [4.69, 9.17) is 0 Å². The van der Waals surface area contributed by atoms with Crippen LogP contribution >= 0.6 is 0 Å². The summed E-state index contributed by atoms with van der Waals surface area (Å²) in [6.45, 7) is 8.06. The van der Waals surface area contributed by atoms with Crippen molar-refractivity contribution < 1.29 is 8.42 Å². The fraction of sp³-hybridized carbons (Fsp3) is 0.750. The van der Waals surface area contributed by atoms with Crippen molar-refractivity contribution in [3.05, 3.63) is 27.4 Å². The summed E-state index contributed by atoms with van der Waals surface area (Å²) < 4.78 is 26.4. The molecule has 0 radical (unpaired) electrons. The monoisotopic (exact) mass is 326 g/mol. The molecular formula is C16H26N2O3S. The predicted molar refractivity (Wildman–Crippen MR) is 88.0 cm³/mol. The highest BCUT2D eigenvalue weighted by atomic mass is 32.2. The van der Waals surface area contributed by atoms with Crippen molar-refractivity contribution in [1.29, 1.82) is 0 Å². The molecular weight excluding hydrogens is 300 g/mol. The van der Waals surface area contributed by atoms with Crippen molar-refractivity contribution in [3.8, 4) is 0 Å². The molecule has 0 saturated carbocycles. The zero-order valence-corrected chi connectivity index (χ0v) is 14.7. The Labute approximate surface area is 132 Å². The fourth-order valence-corrected chi connectivity index (χ4v) is 4.55. The summed E-state index contributed by atoms with van der Waals surface area (Å²) in [6.07, 6.45) is 3.14. The van der Waals surface area contributed by atoms with Gasteiger partial charge in [-0.05, 0) is 39.0 Å². The van der Waals surface area contributed by atoms with Crippen molar-refractivity contribution in [2.24, 2.45) is 5.92 Å². The van der Waals surface area contributed by atoms with Crippen molar-refractivity contribution in [1.82, 2.24) is 9.55 Å². The van der Waals surface area contributed by atoms with Gasteiger partial charge in [-0.3, -0.25) is 9.36 Å². The van der Waals surface area contributed by atoms with Crippen LogP contribution in [0, 0.1) is 12.8 Å². The van der Waals surface area contributed by atoms with Gasteiger partial charge in [-0.15, -0.1) is 0 Å². The molecule has 0 fully saturated rings. The van der Waals surface area contributed by atoms with Gasteiger partial charge in [0.25, 0.3) is 5.56 Å². The van der Waals surface area contributed by atoms with Crippen LogP contribution in [0.1, 0.15) is 50.7 Å². The molecule has 0 spiro atoms. The first-order chi connectivity index (χ1) is 10.2. The third-order valence-electron chi connectivity index (χ3n) is 4.72. The van der Waals surface area contributed by atoms with E-state index < -0.39 is 9.84 Å². The number of aryl methyl sites for hydroxylation is 2. The molecule has 5 nitrogen and oxygen atoms in total. The zero-order valence-electron chi connectivity index (χ0n) is 13.9. The number of sulfone groups is 1. The van der Waals surface area contributed by atoms with E-state index in [2.05, 4.69) is 4.98 Å². The Kier molecular flexibility index (Phi) is 5.10. The Morgan fingerprint density at radius 3 is 2.55 bits per heavy atom. The lowest BCUT2D eigenvalue weighted by Gasteiger charge is -2.20. The van der Waals surface area contributed by atoms with Crippen molar-refractivity contribution >= 4 is 9.84 Å². The number of hydrogen-bond acceptors (Lipinski definition) is 4. The first-order valence-electron chi connectivity index (χ1n) is 8.04. The maximum Gasteiger partial charge on any atom is 0.256 e. The minimum absolute atomic E-state index is 0.0173. The number of nitrogens with zero attached hydrogens (tertiary/aromatic N) is 2. The number of rotatable bonds is 5. The molecule has 1 aromatic rings. The summed E-state index contributed by atoms with van der Waals surface area (Å²) in [4.78, 5) is 17.1. The third-order valence-corrected chi connectivity index (χ3v) is 7.17. The molecule has 2 heterocycles. The molecule has 0 aromatic carbocycles. The highest BCUT2D eigenvalue weighted by Gasteiger charge is 2.25. The van der Waals surface area contributed by atoms with E-state index in [1.54, 1.807) is 11.5 Å². The number of fused-ring (bicyclic) bond motifs is 1. The molecule has 0 saturated heterocycles. The predicted octanol–water partition coefficient (Wildman–Crippen LogP) is 1.89. The second kappa shape index (κ2) is 6.52. The lowest BCUT2D eigenvalue weighted by atomic mass is 10.1. The highest BCUT2D eigenvalue weighted by molar-refractivity contribution is 7.92. The van der Waals surface area contributed by atoms with Crippen LogP contribution in [0.5, 0.6) is 0 Å². The van der Waals surface area contributed by atoms with E-state index in [-0.39, 0.29) is 28.9 Å². The van der Waals surface area contributed by atoms with Gasteiger partial charge in [-0.1, -0.05) is 13.8 Å². The molecule has 6 heteroatoms. The van der Waals surface area contributed by atoms with Crippen LogP contribution in [0.4, 0.5) is 0 Å². The topological polar surface area (TPSA) is 69.0 Å². The molecule has 2 rings (SSSR count). The minimum Gasteiger partial charge on any atom is -0.296 e. The van der Waals surface area contributed by atoms with Gasteiger partial charge in [0.1, 0.15) is 5.82 Å². The van der Waals surface area contributed by atoms with Gasteiger partial charge >= 0.3 is 0 Å². The van der Waals surface area contributed by atoms with E-state index in [0.29, 0.717) is 17.8 Å². The molecule has 1 unspecified atom stereocenters. The maximum atomic E-state index is 12.6. The molecule has 1 aliphatic heterocycles. The lowest BCUT2D eigenvalue weighted by molar-refractivity contribution is 0.489. The molecule has 0 aliphatic carbocycles. The van der Waals surface area contributed by atoms with Crippen molar-refractivity contribution in [2.45, 2.75) is 65.2 Å². The molecule has 1 aromatic heterocycles. The average Bonchev–Trinajstić information content (AvgIpc) is 2.46. The smallest absolute Gasteiger partial charge is 0.256 e. The Hall–Kier alpha value is -1.17. The molecule has 1 aliphatic rings. The van der Waals surface area contributed by atoms with Gasteiger partial charge in [-0.25, -0.2) is 13.4 Å². The Balaban J connectivity index is 2.26. The highest BCUT2D eigenvalue weighted by Crippen LogP contribution is 2.16. The molecule has 0 bridgehead atoms. The Morgan fingerprint density at radius 1 is 1.23 bits per heavy atom. The lowest BCUT2D eigenvalue weighted by Crippen LogP contribution is -2.34. The van der Waals surface area contributed by atoms with E-state index in [1.807, 2.05) is 20.8 Å². The maximum absolute atomic E-state index is 12.6. The zero-order chi connectivity index (χ0) is 16.5. The summed E-state index contributed by atoms with van der Waals surface area (Å²) in [6, 6.07) is 0. The fourth-order valence-electron chi connectivity index (χ4n) is 2.86. The van der Waals surface area contributed by atoms with Crippen molar-refractivity contribution in [2.75, 3.05) is 5.75 Å². The van der Waals surface area contributed by atoms with Crippen LogP contribution in [-0.4, -0.2) is 29.0 Å². The number of aromatic nitrogens is 2. The molecule has 0 amide bonds. The van der Waals surface area contributed by atoms with Crippen LogP contribution in [-0.2, 0) is 29.2 Å². The van der Waals surface area contributed by atoms with Gasteiger partial charge in [0, 0.05) is 24.2 Å². The van der Waals surface area contributed by atoms with Crippen LogP contribution < -0.4 is 5.56 Å². The van der Waals surface area contributed by atoms with Gasteiger partial charge < -0.3 is 0 Å². The first-order valence-corrected chi connectivity index (χ1v) is 9.76. The van der Waals surface area contributed by atoms with Crippen LogP contribution in [0.2, 0.25) is 0 Å². The van der Waals surface area contributed by atoms with E-state index >= 15 is 0 Å². The first kappa shape index (κ1) is 17.2. The van der Waals surface area contributed by atoms with Crippen LogP contribution in [0.25, 0.3) is 0 Å². The second-order valence-electron chi connectivity index (χ2n) is 6.57. The summed E-state index contributed by atoms with van der Waals surface area (Å²) in [5.41, 5.74) is 1.20. The SMILES string of the molecule is Cc1nc2n(c(=O)c1CCS(=O)(=O)C(C)C(C)C)CCCC2. The van der Waals surface area contributed by atoms with Crippen LogP contribution in [0.3, 0.4) is 0 Å². The molecule has 0 N–H and O–H groups in total. The van der Waals surface area contributed by atoms with Gasteiger partial charge in [0.2, 0.25) is 0 Å². The summed E-state index contributed by atoms with van der Waals surface area (Å²) >= 11 is 0. The molecule has 1 atom stereocenters. The van der Waals surface area contributed by atoms with E-state index in [9.17, 15) is 13.2 Å². The average molecular weight is 326 g/mol. The standard InChI is InChI=1S/C16H26N2O3S/c1-11(2)13(4)22(20,21)10-8-14-12(3)17-15-7-5-6-9-18(15)16(14)19/h11,13H,5-10H2,1-4H3. The second-order valence-corrected chi connectivity index (χ2v) is 9.05. The van der Waals surface area contributed by atoms with Crippen molar-refractivity contribution in [3.63, 3.8) is 0 Å². The molecule has 124 valence electrons.